The molecule has 2 saturated carbocycles. The molecular weight excluding hydrogens is 809 g/mol. The molecule has 9 rings (SSSR count). The third-order valence-corrected chi connectivity index (χ3v) is 16.7. The van der Waals surface area contributed by atoms with Crippen LogP contribution in [0.15, 0.2) is 109 Å². The fourth-order valence-corrected chi connectivity index (χ4v) is 13.4. The molecule has 0 spiro atoms. The van der Waals surface area contributed by atoms with Crippen LogP contribution in [0.25, 0.3) is 11.1 Å². The summed E-state index contributed by atoms with van der Waals surface area (Å²) in [4.78, 5) is 5.19. The van der Waals surface area contributed by atoms with Gasteiger partial charge in [-0.25, -0.2) is 0 Å². The van der Waals surface area contributed by atoms with Crippen molar-refractivity contribution in [3.05, 3.63) is 165 Å². The Balaban J connectivity index is 1.25. The summed E-state index contributed by atoms with van der Waals surface area (Å²) in [6.07, 6.45) is 14.5. The van der Waals surface area contributed by atoms with Crippen LogP contribution < -0.4 is 9.80 Å². The summed E-state index contributed by atoms with van der Waals surface area (Å²) < 4.78 is 0. The predicted octanol–water partition coefficient (Wildman–Crippen LogP) is 19.2. The highest BCUT2D eigenvalue weighted by molar-refractivity contribution is 5.89. The molecule has 2 fully saturated rings. The first-order valence-electron chi connectivity index (χ1n) is 26.1. The lowest BCUT2D eigenvalue weighted by Crippen LogP contribution is -2.43. The van der Waals surface area contributed by atoms with Gasteiger partial charge in [0.2, 0.25) is 0 Å². The van der Waals surface area contributed by atoms with Gasteiger partial charge in [-0.2, -0.15) is 0 Å². The Bertz CT molecular complexity index is 2540. The van der Waals surface area contributed by atoms with Crippen LogP contribution in [0.2, 0.25) is 0 Å². The van der Waals surface area contributed by atoms with E-state index in [1.165, 1.54) is 160 Å². The van der Waals surface area contributed by atoms with Gasteiger partial charge in [-0.05, 0) is 188 Å². The Labute approximate surface area is 406 Å². The number of benzene rings is 6. The van der Waals surface area contributed by atoms with Crippen LogP contribution in [0.5, 0.6) is 0 Å². The second-order valence-electron chi connectivity index (χ2n) is 23.7. The zero-order chi connectivity index (χ0) is 47.6. The number of unbranched alkanes of at least 4 members (excludes halogenated alkanes) is 4. The van der Waals surface area contributed by atoms with E-state index in [0.29, 0.717) is 0 Å². The molecule has 2 heteroatoms. The van der Waals surface area contributed by atoms with Crippen molar-refractivity contribution in [3.63, 3.8) is 0 Å². The van der Waals surface area contributed by atoms with Gasteiger partial charge in [0.05, 0.1) is 11.4 Å². The Hall–Kier alpha value is -5.08. The molecule has 3 atom stereocenters. The molecule has 0 bridgehead atoms. The molecule has 0 radical (unpaired) electrons. The van der Waals surface area contributed by atoms with Crippen LogP contribution in [-0.2, 0) is 21.7 Å². The summed E-state index contributed by atoms with van der Waals surface area (Å²) >= 11 is 0. The summed E-state index contributed by atoms with van der Waals surface area (Å²) in [7, 11) is 0. The maximum atomic E-state index is 2.69. The first kappa shape index (κ1) is 47.0. The van der Waals surface area contributed by atoms with Gasteiger partial charge in [0.25, 0.3) is 0 Å². The highest BCUT2D eigenvalue weighted by atomic mass is 15.2. The second kappa shape index (κ2) is 17.8. The fraction of sp³-hybridized carbons (Fsp3) is 0.446. The highest BCUT2D eigenvalue weighted by Crippen LogP contribution is 2.71. The van der Waals surface area contributed by atoms with Crippen LogP contribution in [0.3, 0.4) is 0 Å². The van der Waals surface area contributed by atoms with Crippen molar-refractivity contribution >= 4 is 34.1 Å². The van der Waals surface area contributed by atoms with Gasteiger partial charge < -0.3 is 9.80 Å². The monoisotopic (exact) mass is 889 g/mol. The molecule has 350 valence electrons. The molecule has 3 aliphatic carbocycles. The molecule has 2 nitrogen and oxygen atoms in total. The molecule has 0 amide bonds. The van der Waals surface area contributed by atoms with Crippen molar-refractivity contribution in [1.29, 1.82) is 0 Å². The van der Waals surface area contributed by atoms with E-state index >= 15 is 0 Å². The molecule has 0 aliphatic heterocycles. The normalized spacial score (nSPS) is 19.7. The molecule has 6 aromatic rings. The quantitative estimate of drug-likeness (QED) is 0.113. The molecule has 1 unspecified atom stereocenters. The van der Waals surface area contributed by atoms with Crippen LogP contribution in [0.4, 0.5) is 34.1 Å². The minimum atomic E-state index is 0.0769. The molecule has 0 heterocycles. The summed E-state index contributed by atoms with van der Waals surface area (Å²) in [6, 6.07) is 43.6. The number of fused-ring (bicyclic) bond motifs is 3. The first-order valence-corrected chi connectivity index (χ1v) is 26.1. The molecular formula is C65H80N2. The van der Waals surface area contributed by atoms with Gasteiger partial charge in [0.15, 0.2) is 0 Å². The van der Waals surface area contributed by atoms with Crippen LogP contribution >= 0.6 is 0 Å². The van der Waals surface area contributed by atoms with Crippen LogP contribution in [-0.4, -0.2) is 0 Å². The molecule has 3 aliphatic rings. The Kier molecular flexibility index (Phi) is 12.5. The van der Waals surface area contributed by atoms with Gasteiger partial charge in [0.1, 0.15) is 0 Å². The molecule has 0 aromatic heterocycles. The molecule has 67 heavy (non-hydrogen) atoms. The summed E-state index contributed by atoms with van der Waals surface area (Å²) in [5.41, 5.74) is 24.8. The summed E-state index contributed by atoms with van der Waals surface area (Å²) in [6.45, 7) is 30.1. The van der Waals surface area contributed by atoms with E-state index in [-0.39, 0.29) is 21.7 Å². The van der Waals surface area contributed by atoms with Crippen LogP contribution in [0, 0.1) is 47.5 Å². The van der Waals surface area contributed by atoms with Crippen LogP contribution in [0.1, 0.15) is 175 Å². The van der Waals surface area contributed by atoms with E-state index in [1.807, 2.05) is 0 Å². The maximum Gasteiger partial charge on any atom is 0.0520 e. The topological polar surface area (TPSA) is 6.48 Å². The minimum Gasteiger partial charge on any atom is -0.310 e. The predicted molar refractivity (Wildman–Crippen MR) is 290 cm³/mol. The molecule has 6 aromatic carbocycles. The van der Waals surface area contributed by atoms with Crippen molar-refractivity contribution < 1.29 is 0 Å². The Morgan fingerprint density at radius 1 is 0.463 bits per heavy atom. The standard InChI is InChI=1S/C65H80N2/c1-14-15-16-17-18-20-49-41-64-33-19-34-65(64,42-49)59-40-55(67(53-27-23-44(3)24-28-53)61-47(6)37-51(38-48(61)7)63(11,12)13)30-32-57(59)56-31-29-54(39-58(56)64)66(52-25-21-43(2)22-26-52)60-45(4)35-50(36-46(60)5)62(8,9)10/h21-32,35-40,49H,14-20,33-34,41-42H2,1-13H3/t49?,64-,65+. The van der Waals surface area contributed by atoms with Crippen molar-refractivity contribution in [2.45, 2.75) is 182 Å². The van der Waals surface area contributed by atoms with E-state index < -0.39 is 0 Å². The van der Waals surface area contributed by atoms with E-state index in [1.54, 1.807) is 11.1 Å². The minimum absolute atomic E-state index is 0.0769. The SMILES string of the molecule is CCCCCCCC1C[C@]23CCC[C@@]2(C1)c1cc(N(c2ccc(C)cc2)c2c(C)cc(C(C)(C)C)cc2C)ccc1-c1ccc(N(c2ccc(C)cc2)c2c(C)cc(C(C)(C)C)cc2C)cc13. The van der Waals surface area contributed by atoms with Crippen molar-refractivity contribution in [1.82, 2.24) is 0 Å². The lowest BCUT2D eigenvalue weighted by Gasteiger charge is -2.48. The average molecular weight is 889 g/mol. The van der Waals surface area contributed by atoms with Gasteiger partial charge in [-0.1, -0.05) is 165 Å². The van der Waals surface area contributed by atoms with Crippen molar-refractivity contribution in [3.8, 4) is 11.1 Å². The maximum absolute atomic E-state index is 2.69. The van der Waals surface area contributed by atoms with E-state index in [9.17, 15) is 0 Å². The van der Waals surface area contributed by atoms with Crippen molar-refractivity contribution in [2.75, 3.05) is 9.80 Å². The third-order valence-electron chi connectivity index (χ3n) is 16.7. The smallest absolute Gasteiger partial charge is 0.0520 e. The van der Waals surface area contributed by atoms with Gasteiger partial charge in [-0.15, -0.1) is 0 Å². The zero-order valence-electron chi connectivity index (χ0n) is 43.6. The van der Waals surface area contributed by atoms with Gasteiger partial charge in [0, 0.05) is 33.6 Å². The number of nitrogens with zero attached hydrogens (tertiary/aromatic N) is 2. The first-order chi connectivity index (χ1) is 31.8. The lowest BCUT2D eigenvalue weighted by atomic mass is 9.55. The number of anilines is 6. The summed E-state index contributed by atoms with van der Waals surface area (Å²) in [5, 5.41) is 0. The van der Waals surface area contributed by atoms with Gasteiger partial charge in [-0.3, -0.25) is 0 Å². The number of rotatable bonds is 12. The Morgan fingerprint density at radius 3 is 1.21 bits per heavy atom. The molecule has 0 N–H and O–H groups in total. The zero-order valence-corrected chi connectivity index (χ0v) is 43.6. The largest absolute Gasteiger partial charge is 0.310 e. The fourth-order valence-electron chi connectivity index (χ4n) is 13.4. The Morgan fingerprint density at radius 2 is 0.836 bits per heavy atom. The van der Waals surface area contributed by atoms with E-state index in [2.05, 4.69) is 209 Å². The molecule has 0 saturated heterocycles. The van der Waals surface area contributed by atoms with E-state index in [4.69, 9.17) is 0 Å². The van der Waals surface area contributed by atoms with E-state index in [0.717, 1.165) is 5.92 Å². The third kappa shape index (κ3) is 8.37. The number of hydrogen-bond donors (Lipinski definition) is 0. The van der Waals surface area contributed by atoms with Gasteiger partial charge >= 0.3 is 0 Å². The highest BCUT2D eigenvalue weighted by Gasteiger charge is 2.64. The average Bonchev–Trinajstić information content (AvgIpc) is 3.81. The van der Waals surface area contributed by atoms with Crippen molar-refractivity contribution in [2.24, 2.45) is 5.92 Å². The lowest BCUT2D eigenvalue weighted by molar-refractivity contribution is 0.299. The number of aryl methyl sites for hydroxylation is 6. The number of hydrogen-bond acceptors (Lipinski definition) is 2. The summed E-state index contributed by atoms with van der Waals surface area (Å²) in [5.74, 6) is 0.721. The second-order valence-corrected chi connectivity index (χ2v) is 23.7.